The summed E-state index contributed by atoms with van der Waals surface area (Å²) in [7, 11) is 0. The SMILES string of the molecule is C=C1CC[C-]=C(c2ccc(O)cc2)N1.[Y]. The molecule has 0 bridgehead atoms. The first-order valence-electron chi connectivity index (χ1n) is 4.61. The average molecular weight is 275 g/mol. The molecule has 0 fully saturated rings. The van der Waals surface area contributed by atoms with Gasteiger partial charge in [0, 0.05) is 38.4 Å². The molecule has 0 aliphatic carbocycles. The van der Waals surface area contributed by atoms with Crippen LogP contribution in [-0.2, 0) is 32.7 Å². The molecule has 1 heterocycles. The maximum Gasteiger partial charge on any atom is 0.112 e. The van der Waals surface area contributed by atoms with Gasteiger partial charge in [0.15, 0.2) is 0 Å². The van der Waals surface area contributed by atoms with Gasteiger partial charge in [-0.1, -0.05) is 6.58 Å². The van der Waals surface area contributed by atoms with Gasteiger partial charge in [-0.05, 0) is 18.6 Å². The van der Waals surface area contributed by atoms with E-state index in [1.165, 1.54) is 0 Å². The summed E-state index contributed by atoms with van der Waals surface area (Å²) in [6.45, 7) is 3.89. The van der Waals surface area contributed by atoms with Gasteiger partial charge in [-0.2, -0.15) is 5.56 Å². The summed E-state index contributed by atoms with van der Waals surface area (Å²) in [5.41, 5.74) is 3.01. The molecular formula is C12H12NOY-. The predicted molar refractivity (Wildman–Crippen MR) is 56.3 cm³/mol. The number of nitrogens with one attached hydrogen (secondary N) is 1. The van der Waals surface area contributed by atoms with Gasteiger partial charge in [-0.25, -0.2) is 6.08 Å². The van der Waals surface area contributed by atoms with Crippen molar-refractivity contribution in [2.75, 3.05) is 0 Å². The number of hydrogen-bond donors (Lipinski definition) is 2. The largest absolute Gasteiger partial charge is 0.508 e. The van der Waals surface area contributed by atoms with Crippen LogP contribution >= 0.6 is 0 Å². The molecule has 0 saturated heterocycles. The summed E-state index contributed by atoms with van der Waals surface area (Å²) >= 11 is 0. The minimum atomic E-state index is 0. The van der Waals surface area contributed by atoms with Crippen LogP contribution in [0.15, 0.2) is 36.5 Å². The van der Waals surface area contributed by atoms with Crippen molar-refractivity contribution in [1.82, 2.24) is 5.32 Å². The molecule has 1 aromatic rings. The Hall–Kier alpha value is -0.596. The molecule has 0 unspecified atom stereocenters. The van der Waals surface area contributed by atoms with Crippen molar-refractivity contribution < 1.29 is 37.8 Å². The Balaban J connectivity index is 0.00000112. The molecule has 1 radical (unpaired) electrons. The average Bonchev–Trinajstić information content (AvgIpc) is 2.19. The fourth-order valence-electron chi connectivity index (χ4n) is 1.42. The monoisotopic (exact) mass is 275 g/mol. The van der Waals surface area contributed by atoms with Crippen molar-refractivity contribution in [3.05, 3.63) is 48.2 Å². The molecule has 1 aliphatic heterocycles. The van der Waals surface area contributed by atoms with E-state index >= 15 is 0 Å². The van der Waals surface area contributed by atoms with Gasteiger partial charge in [-0.15, -0.1) is 24.3 Å². The summed E-state index contributed by atoms with van der Waals surface area (Å²) in [5.74, 6) is 0.281. The summed E-state index contributed by atoms with van der Waals surface area (Å²) < 4.78 is 0. The molecule has 75 valence electrons. The molecule has 0 aromatic heterocycles. The third-order valence-electron chi connectivity index (χ3n) is 2.19. The molecule has 2 N–H and O–H groups in total. The van der Waals surface area contributed by atoms with Crippen molar-refractivity contribution in [1.29, 1.82) is 0 Å². The van der Waals surface area contributed by atoms with Crippen LogP contribution in [0.2, 0.25) is 0 Å². The number of rotatable bonds is 1. The van der Waals surface area contributed by atoms with E-state index in [0.717, 1.165) is 29.8 Å². The van der Waals surface area contributed by atoms with Crippen LogP contribution in [0.25, 0.3) is 5.70 Å². The van der Waals surface area contributed by atoms with Gasteiger partial charge in [-0.3, -0.25) is 0 Å². The van der Waals surface area contributed by atoms with Crippen LogP contribution in [0.3, 0.4) is 0 Å². The zero-order chi connectivity index (χ0) is 9.97. The maximum atomic E-state index is 9.14. The van der Waals surface area contributed by atoms with E-state index < -0.39 is 0 Å². The zero-order valence-corrected chi connectivity index (χ0v) is 11.3. The van der Waals surface area contributed by atoms with E-state index in [9.17, 15) is 0 Å². The van der Waals surface area contributed by atoms with Gasteiger partial charge < -0.3 is 10.4 Å². The van der Waals surface area contributed by atoms with E-state index in [1.807, 2.05) is 12.1 Å². The molecule has 0 amide bonds. The first kappa shape index (κ1) is 12.5. The summed E-state index contributed by atoms with van der Waals surface area (Å²) in [5, 5.41) is 12.3. The van der Waals surface area contributed by atoms with Crippen LogP contribution in [0.4, 0.5) is 0 Å². The number of allylic oxidation sites excluding steroid dienone is 2. The first-order valence-corrected chi connectivity index (χ1v) is 4.61. The normalized spacial score (nSPS) is 14.9. The molecule has 3 heteroatoms. The Morgan fingerprint density at radius 2 is 1.93 bits per heavy atom. The molecule has 0 spiro atoms. The van der Waals surface area contributed by atoms with Crippen molar-refractivity contribution >= 4 is 5.70 Å². The fourth-order valence-corrected chi connectivity index (χ4v) is 1.42. The molecule has 2 nitrogen and oxygen atoms in total. The minimum Gasteiger partial charge on any atom is -0.508 e. The first-order chi connectivity index (χ1) is 6.75. The van der Waals surface area contributed by atoms with Crippen LogP contribution in [0, 0.1) is 6.08 Å². The van der Waals surface area contributed by atoms with Gasteiger partial charge in [0.25, 0.3) is 0 Å². The molecule has 1 aliphatic rings. The van der Waals surface area contributed by atoms with E-state index in [1.54, 1.807) is 12.1 Å². The number of aromatic hydroxyl groups is 1. The van der Waals surface area contributed by atoms with Crippen molar-refractivity contribution in [3.63, 3.8) is 0 Å². The van der Waals surface area contributed by atoms with Crippen molar-refractivity contribution in [2.45, 2.75) is 12.8 Å². The fraction of sp³-hybridized carbons (Fsp3) is 0.167. The van der Waals surface area contributed by atoms with Crippen molar-refractivity contribution in [3.8, 4) is 5.75 Å². The Kier molecular flexibility index (Phi) is 4.55. The number of hydrogen-bond acceptors (Lipinski definition) is 2. The maximum absolute atomic E-state index is 9.14. The van der Waals surface area contributed by atoms with Crippen LogP contribution < -0.4 is 5.32 Å². The van der Waals surface area contributed by atoms with Gasteiger partial charge in [0.05, 0.1) is 0 Å². The molecule has 0 saturated carbocycles. The van der Waals surface area contributed by atoms with Gasteiger partial charge >= 0.3 is 0 Å². The van der Waals surface area contributed by atoms with E-state index in [2.05, 4.69) is 18.0 Å². The summed E-state index contributed by atoms with van der Waals surface area (Å²) in [4.78, 5) is 0. The Labute approximate surface area is 115 Å². The van der Waals surface area contributed by atoms with E-state index in [4.69, 9.17) is 5.11 Å². The third kappa shape index (κ3) is 3.18. The Morgan fingerprint density at radius 3 is 2.53 bits per heavy atom. The van der Waals surface area contributed by atoms with E-state index in [-0.39, 0.29) is 38.5 Å². The standard InChI is InChI=1S/C12H12NO.Y/c1-9-3-2-4-12(13-9)10-5-7-11(14)8-6-10;/h5-8,13-14H,1-3H2;/q-1;. The molecule has 15 heavy (non-hydrogen) atoms. The summed E-state index contributed by atoms with van der Waals surface area (Å²) in [6, 6.07) is 7.07. The Bertz CT molecular complexity index is 381. The zero-order valence-electron chi connectivity index (χ0n) is 8.46. The molecule has 0 atom stereocenters. The van der Waals surface area contributed by atoms with Crippen LogP contribution in [0.1, 0.15) is 18.4 Å². The Morgan fingerprint density at radius 1 is 1.27 bits per heavy atom. The second kappa shape index (κ2) is 5.48. The van der Waals surface area contributed by atoms with Crippen LogP contribution in [-0.4, -0.2) is 5.11 Å². The molecular weight excluding hydrogens is 263 g/mol. The third-order valence-corrected chi connectivity index (χ3v) is 2.19. The van der Waals surface area contributed by atoms with Gasteiger partial charge in [0.2, 0.25) is 0 Å². The molecule has 1 aromatic carbocycles. The van der Waals surface area contributed by atoms with Crippen LogP contribution in [0.5, 0.6) is 5.75 Å². The van der Waals surface area contributed by atoms with Crippen molar-refractivity contribution in [2.24, 2.45) is 0 Å². The molecule has 2 rings (SSSR count). The number of benzene rings is 1. The topological polar surface area (TPSA) is 32.3 Å². The number of phenols is 1. The smallest absolute Gasteiger partial charge is 0.112 e. The minimum absolute atomic E-state index is 0. The predicted octanol–water partition coefficient (Wildman–Crippen LogP) is 2.43. The van der Waals surface area contributed by atoms with Gasteiger partial charge in [0.1, 0.15) is 5.75 Å². The quantitative estimate of drug-likeness (QED) is 0.771. The summed E-state index contributed by atoms with van der Waals surface area (Å²) in [6.07, 6.45) is 5.10. The second-order valence-corrected chi connectivity index (χ2v) is 3.33. The number of phenolic OH excluding ortho intramolecular Hbond substituents is 1. The second-order valence-electron chi connectivity index (χ2n) is 3.33. The van der Waals surface area contributed by atoms with E-state index in [0.29, 0.717) is 0 Å².